The molecular weight excluding hydrogens is 330 g/mol. The van der Waals surface area contributed by atoms with Gasteiger partial charge < -0.3 is 20.7 Å². The van der Waals surface area contributed by atoms with E-state index in [1.165, 1.54) is 0 Å². The zero-order valence-electron chi connectivity index (χ0n) is 15.2. The molecule has 0 bridgehead atoms. The van der Waals surface area contributed by atoms with Gasteiger partial charge in [0.05, 0.1) is 13.7 Å². The molecule has 0 aliphatic carbocycles. The van der Waals surface area contributed by atoms with Crippen LogP contribution in [0.15, 0.2) is 48.5 Å². The number of ether oxygens (including phenoxy) is 1. The summed E-state index contributed by atoms with van der Waals surface area (Å²) >= 11 is 0. The number of hydrogen-bond acceptors (Lipinski definition) is 4. The zero-order chi connectivity index (χ0) is 18.8. The van der Waals surface area contributed by atoms with Gasteiger partial charge >= 0.3 is 0 Å². The maximum absolute atomic E-state index is 12.0. The van der Waals surface area contributed by atoms with Crippen molar-refractivity contribution in [2.45, 2.75) is 19.9 Å². The van der Waals surface area contributed by atoms with Crippen molar-refractivity contribution in [3.8, 4) is 5.75 Å². The third-order valence-corrected chi connectivity index (χ3v) is 3.74. The van der Waals surface area contributed by atoms with Gasteiger partial charge in [0.15, 0.2) is 0 Å². The molecule has 6 nitrogen and oxygen atoms in total. The van der Waals surface area contributed by atoms with Gasteiger partial charge in [0, 0.05) is 24.3 Å². The Morgan fingerprint density at radius 2 is 1.69 bits per heavy atom. The van der Waals surface area contributed by atoms with Crippen LogP contribution in [-0.4, -0.2) is 32.0 Å². The first-order chi connectivity index (χ1) is 12.6. The van der Waals surface area contributed by atoms with Gasteiger partial charge in [-0.1, -0.05) is 19.1 Å². The zero-order valence-corrected chi connectivity index (χ0v) is 15.2. The molecule has 0 radical (unpaired) electrons. The first-order valence-electron chi connectivity index (χ1n) is 8.64. The Labute approximate surface area is 153 Å². The molecule has 2 aromatic carbocycles. The van der Waals surface area contributed by atoms with E-state index >= 15 is 0 Å². The molecule has 26 heavy (non-hydrogen) atoms. The summed E-state index contributed by atoms with van der Waals surface area (Å²) in [4.78, 5) is 23.8. The lowest BCUT2D eigenvalue weighted by Crippen LogP contribution is -2.27. The Kier molecular flexibility index (Phi) is 7.64. The van der Waals surface area contributed by atoms with E-state index in [0.29, 0.717) is 24.3 Å². The molecule has 0 heterocycles. The van der Waals surface area contributed by atoms with Crippen molar-refractivity contribution in [3.63, 3.8) is 0 Å². The number of amides is 2. The number of carbonyl (C=O) groups excluding carboxylic acids is 2. The van der Waals surface area contributed by atoms with Crippen molar-refractivity contribution >= 4 is 17.5 Å². The minimum absolute atomic E-state index is 0.106. The molecule has 0 atom stereocenters. The predicted molar refractivity (Wildman–Crippen MR) is 102 cm³/mol. The molecule has 0 aliphatic rings. The summed E-state index contributed by atoms with van der Waals surface area (Å²) in [6.07, 6.45) is 0.892. The summed E-state index contributed by atoms with van der Waals surface area (Å²) in [5.74, 6) is 0.561. The van der Waals surface area contributed by atoms with Crippen LogP contribution in [0.4, 0.5) is 5.69 Å². The third kappa shape index (κ3) is 6.22. The van der Waals surface area contributed by atoms with Gasteiger partial charge in [-0.15, -0.1) is 0 Å². The second-order valence-corrected chi connectivity index (χ2v) is 5.83. The summed E-state index contributed by atoms with van der Waals surface area (Å²) < 4.78 is 5.11. The maximum Gasteiger partial charge on any atom is 0.251 e. The highest BCUT2D eigenvalue weighted by molar-refractivity contribution is 5.96. The molecule has 0 saturated carbocycles. The van der Waals surface area contributed by atoms with E-state index in [0.717, 1.165) is 17.7 Å². The molecular formula is C20H25N3O3. The van der Waals surface area contributed by atoms with Crippen LogP contribution >= 0.6 is 0 Å². The van der Waals surface area contributed by atoms with Crippen LogP contribution in [0, 0.1) is 0 Å². The SMILES string of the molecule is CCCNC(=O)c1ccc(NC(=O)CNCc2ccc(OC)cc2)cc1. The highest BCUT2D eigenvalue weighted by Crippen LogP contribution is 2.11. The average Bonchev–Trinajstić information content (AvgIpc) is 2.67. The van der Waals surface area contributed by atoms with Crippen LogP contribution < -0.4 is 20.7 Å². The molecule has 2 aromatic rings. The fourth-order valence-electron chi connectivity index (χ4n) is 2.31. The van der Waals surface area contributed by atoms with Gasteiger partial charge in [0.25, 0.3) is 5.91 Å². The van der Waals surface area contributed by atoms with Gasteiger partial charge in [-0.25, -0.2) is 0 Å². The molecule has 0 unspecified atom stereocenters. The Hall–Kier alpha value is -2.86. The quantitative estimate of drug-likeness (QED) is 0.646. The Morgan fingerprint density at radius 3 is 2.31 bits per heavy atom. The largest absolute Gasteiger partial charge is 0.497 e. The molecule has 0 aliphatic heterocycles. The summed E-state index contributed by atoms with van der Waals surface area (Å²) in [5.41, 5.74) is 2.31. The van der Waals surface area contributed by atoms with Crippen molar-refractivity contribution in [3.05, 3.63) is 59.7 Å². The van der Waals surface area contributed by atoms with E-state index in [9.17, 15) is 9.59 Å². The minimum Gasteiger partial charge on any atom is -0.497 e. The second kappa shape index (κ2) is 10.2. The van der Waals surface area contributed by atoms with Crippen LogP contribution in [0.25, 0.3) is 0 Å². The number of anilines is 1. The number of carbonyl (C=O) groups is 2. The van der Waals surface area contributed by atoms with E-state index in [4.69, 9.17) is 4.74 Å². The van der Waals surface area contributed by atoms with E-state index < -0.39 is 0 Å². The van der Waals surface area contributed by atoms with E-state index in [1.54, 1.807) is 31.4 Å². The first kappa shape index (κ1) is 19.5. The van der Waals surface area contributed by atoms with Crippen LogP contribution in [0.5, 0.6) is 5.75 Å². The van der Waals surface area contributed by atoms with Crippen molar-refractivity contribution < 1.29 is 14.3 Å². The van der Waals surface area contributed by atoms with E-state index in [1.807, 2.05) is 31.2 Å². The molecule has 6 heteroatoms. The van der Waals surface area contributed by atoms with Crippen LogP contribution in [0.1, 0.15) is 29.3 Å². The lowest BCUT2D eigenvalue weighted by atomic mass is 10.2. The molecule has 2 rings (SSSR count). The fraction of sp³-hybridized carbons (Fsp3) is 0.300. The topological polar surface area (TPSA) is 79.5 Å². The van der Waals surface area contributed by atoms with Gasteiger partial charge in [-0.3, -0.25) is 9.59 Å². The summed E-state index contributed by atoms with van der Waals surface area (Å²) in [5, 5.41) is 8.71. The lowest BCUT2D eigenvalue weighted by molar-refractivity contribution is -0.115. The van der Waals surface area contributed by atoms with E-state index in [2.05, 4.69) is 16.0 Å². The monoisotopic (exact) mass is 355 g/mol. The second-order valence-electron chi connectivity index (χ2n) is 5.83. The first-order valence-corrected chi connectivity index (χ1v) is 8.64. The molecule has 0 fully saturated rings. The minimum atomic E-state index is -0.137. The summed E-state index contributed by atoms with van der Waals surface area (Å²) in [7, 11) is 1.63. The summed E-state index contributed by atoms with van der Waals surface area (Å²) in [6.45, 7) is 3.44. The maximum atomic E-state index is 12.0. The highest BCUT2D eigenvalue weighted by atomic mass is 16.5. The molecule has 138 valence electrons. The van der Waals surface area contributed by atoms with Gasteiger partial charge in [-0.2, -0.15) is 0 Å². The Bertz CT molecular complexity index is 712. The Morgan fingerprint density at radius 1 is 1.00 bits per heavy atom. The van der Waals surface area contributed by atoms with Crippen molar-refractivity contribution in [1.29, 1.82) is 0 Å². The number of benzene rings is 2. The van der Waals surface area contributed by atoms with Gasteiger partial charge in [0.2, 0.25) is 5.91 Å². The van der Waals surface area contributed by atoms with Gasteiger partial charge in [-0.05, 0) is 48.4 Å². The van der Waals surface area contributed by atoms with Crippen LogP contribution in [-0.2, 0) is 11.3 Å². The molecule has 3 N–H and O–H groups in total. The molecule has 2 amide bonds. The number of nitrogens with one attached hydrogen (secondary N) is 3. The standard InChI is InChI=1S/C20H25N3O3/c1-3-12-22-20(25)16-6-8-17(9-7-16)23-19(24)14-21-13-15-4-10-18(26-2)11-5-15/h4-11,21H,3,12-14H2,1-2H3,(H,22,25)(H,23,24). The normalized spacial score (nSPS) is 10.2. The van der Waals surface area contributed by atoms with Gasteiger partial charge in [0.1, 0.15) is 5.75 Å². The van der Waals surface area contributed by atoms with Crippen LogP contribution in [0.2, 0.25) is 0 Å². The third-order valence-electron chi connectivity index (χ3n) is 3.74. The van der Waals surface area contributed by atoms with E-state index in [-0.39, 0.29) is 18.4 Å². The van der Waals surface area contributed by atoms with Crippen LogP contribution in [0.3, 0.4) is 0 Å². The molecule has 0 aromatic heterocycles. The average molecular weight is 355 g/mol. The predicted octanol–water partition coefficient (Wildman–Crippen LogP) is 2.56. The highest BCUT2D eigenvalue weighted by Gasteiger charge is 2.06. The Balaban J connectivity index is 1.75. The van der Waals surface area contributed by atoms with Crippen molar-refractivity contribution in [2.24, 2.45) is 0 Å². The van der Waals surface area contributed by atoms with Crippen molar-refractivity contribution in [2.75, 3.05) is 25.5 Å². The smallest absolute Gasteiger partial charge is 0.251 e. The number of rotatable bonds is 9. The lowest BCUT2D eigenvalue weighted by Gasteiger charge is -2.08. The van der Waals surface area contributed by atoms with Crippen molar-refractivity contribution in [1.82, 2.24) is 10.6 Å². The number of hydrogen-bond donors (Lipinski definition) is 3. The molecule has 0 spiro atoms. The molecule has 0 saturated heterocycles. The summed E-state index contributed by atoms with van der Waals surface area (Å²) in [6, 6.07) is 14.5. The fourth-order valence-corrected chi connectivity index (χ4v) is 2.31. The number of methoxy groups -OCH3 is 1.